The highest BCUT2D eigenvalue weighted by molar-refractivity contribution is 5.85. The van der Waals surface area contributed by atoms with Gasteiger partial charge in [-0.05, 0) is 50.6 Å². The molecule has 0 fully saturated rings. The molecule has 4 nitrogen and oxygen atoms in total. The van der Waals surface area contributed by atoms with Gasteiger partial charge in [-0.2, -0.15) is 10.4 Å². The summed E-state index contributed by atoms with van der Waals surface area (Å²) in [6.07, 6.45) is 1.19. The molecule has 118 valence electrons. The van der Waals surface area contributed by atoms with Crippen LogP contribution in [0.15, 0.2) is 53.5 Å². The first-order chi connectivity index (χ1) is 10.8. The summed E-state index contributed by atoms with van der Waals surface area (Å²) in [5.74, 6) is -0.499. The molecule has 0 aliphatic heterocycles. The van der Waals surface area contributed by atoms with Gasteiger partial charge in [-0.3, -0.25) is 4.68 Å². The Morgan fingerprint density at radius 3 is 2.74 bits per heavy atom. The number of nitrogens with zero attached hydrogens (tertiary/aromatic N) is 3. The summed E-state index contributed by atoms with van der Waals surface area (Å²) in [6, 6.07) is 7.83. The van der Waals surface area contributed by atoms with Crippen LogP contribution in [0.2, 0.25) is 0 Å². The lowest BCUT2D eigenvalue weighted by atomic mass is 10.1. The van der Waals surface area contributed by atoms with Crippen molar-refractivity contribution in [2.75, 3.05) is 5.32 Å². The third-order valence-corrected chi connectivity index (χ3v) is 3.57. The molecule has 23 heavy (non-hydrogen) atoms. The highest BCUT2D eigenvalue weighted by atomic mass is 19.1. The first-order valence-electron chi connectivity index (χ1n) is 7.18. The van der Waals surface area contributed by atoms with Gasteiger partial charge < -0.3 is 5.32 Å². The number of halogens is 1. The zero-order valence-electron chi connectivity index (χ0n) is 13.7. The van der Waals surface area contributed by atoms with E-state index in [2.05, 4.69) is 17.0 Å². The van der Waals surface area contributed by atoms with E-state index < -0.39 is 5.83 Å². The quantitative estimate of drug-likeness (QED) is 0.667. The van der Waals surface area contributed by atoms with Crippen LogP contribution >= 0.6 is 0 Å². The number of hydrogen-bond donors (Lipinski definition) is 1. The van der Waals surface area contributed by atoms with E-state index in [1.54, 1.807) is 13.8 Å². The summed E-state index contributed by atoms with van der Waals surface area (Å²) in [6.45, 7) is 8.77. The number of aromatic nitrogens is 2. The van der Waals surface area contributed by atoms with E-state index in [-0.39, 0.29) is 11.1 Å². The molecule has 1 N–H and O–H groups in total. The van der Waals surface area contributed by atoms with Crippen molar-refractivity contribution >= 4 is 16.6 Å². The summed E-state index contributed by atoms with van der Waals surface area (Å²) in [5.41, 5.74) is 3.88. The molecule has 0 aliphatic rings. The molecule has 2 aromatic rings. The van der Waals surface area contributed by atoms with Crippen LogP contribution in [0, 0.1) is 18.3 Å². The second-order valence-electron chi connectivity index (χ2n) is 5.49. The van der Waals surface area contributed by atoms with Crippen LogP contribution in [0.4, 0.5) is 10.1 Å². The number of nitriles is 1. The van der Waals surface area contributed by atoms with E-state index >= 15 is 0 Å². The first kappa shape index (κ1) is 16.5. The van der Waals surface area contributed by atoms with Gasteiger partial charge in [0.15, 0.2) is 0 Å². The molecular weight excluding hydrogens is 291 g/mol. The standard InChI is InChI=1S/C18H19FN4/c1-11(2)17(19)8-14(10-20)12(3)21-15-6-7-18-16(9-15)13(4)22-23(18)5/h6-9,21H,1H2,2-5H3/b14-12-,17-8+. The number of nitrogens with one attached hydrogen (secondary N) is 1. The van der Waals surface area contributed by atoms with E-state index in [4.69, 9.17) is 0 Å². The molecule has 0 bridgehead atoms. The van der Waals surface area contributed by atoms with Crippen LogP contribution in [-0.2, 0) is 7.05 Å². The van der Waals surface area contributed by atoms with Crippen LogP contribution in [0.3, 0.4) is 0 Å². The molecule has 5 heteroatoms. The maximum absolute atomic E-state index is 13.7. The Labute approximate surface area is 135 Å². The van der Waals surface area contributed by atoms with Crippen LogP contribution in [-0.4, -0.2) is 9.78 Å². The van der Waals surface area contributed by atoms with E-state index in [1.807, 2.05) is 42.9 Å². The Kier molecular flexibility index (Phi) is 4.65. The SMILES string of the molecule is C=C(C)/C(F)=C\C(C#N)=C(/C)Nc1ccc2c(c1)c(C)nn2C. The number of allylic oxidation sites excluding steroid dienone is 5. The zero-order valence-corrected chi connectivity index (χ0v) is 13.7. The third kappa shape index (κ3) is 3.49. The van der Waals surface area contributed by atoms with Crippen LogP contribution in [0.5, 0.6) is 0 Å². The number of anilines is 1. The topological polar surface area (TPSA) is 53.6 Å². The fraction of sp³-hybridized carbons (Fsp3) is 0.222. The predicted molar refractivity (Wildman–Crippen MR) is 91.4 cm³/mol. The van der Waals surface area contributed by atoms with Gasteiger partial charge in [0.25, 0.3) is 0 Å². The average molecular weight is 310 g/mol. The van der Waals surface area contributed by atoms with Crippen molar-refractivity contribution in [1.29, 1.82) is 5.26 Å². The molecule has 0 spiro atoms. The highest BCUT2D eigenvalue weighted by Gasteiger charge is 2.07. The lowest BCUT2D eigenvalue weighted by Crippen LogP contribution is -1.99. The molecule has 2 rings (SSSR count). The van der Waals surface area contributed by atoms with Gasteiger partial charge in [0.05, 0.1) is 16.8 Å². The van der Waals surface area contributed by atoms with Gasteiger partial charge in [-0.15, -0.1) is 0 Å². The number of rotatable bonds is 4. The lowest BCUT2D eigenvalue weighted by molar-refractivity contribution is 0.652. The number of fused-ring (bicyclic) bond motifs is 1. The molecule has 0 amide bonds. The van der Waals surface area contributed by atoms with Crippen molar-refractivity contribution in [1.82, 2.24) is 9.78 Å². The van der Waals surface area contributed by atoms with E-state index in [1.165, 1.54) is 6.08 Å². The second kappa shape index (κ2) is 6.49. The summed E-state index contributed by atoms with van der Waals surface area (Å²) in [7, 11) is 1.90. The smallest absolute Gasteiger partial charge is 0.126 e. The van der Waals surface area contributed by atoms with Crippen molar-refractivity contribution in [3.63, 3.8) is 0 Å². The van der Waals surface area contributed by atoms with Crippen molar-refractivity contribution in [2.24, 2.45) is 7.05 Å². The molecule has 0 atom stereocenters. The molecular formula is C18H19FN4. The van der Waals surface area contributed by atoms with Gasteiger partial charge in [0.1, 0.15) is 11.9 Å². The molecule has 0 saturated carbocycles. The van der Waals surface area contributed by atoms with Gasteiger partial charge in [-0.1, -0.05) is 6.58 Å². The van der Waals surface area contributed by atoms with Gasteiger partial charge in [0, 0.05) is 23.8 Å². The summed E-state index contributed by atoms with van der Waals surface area (Å²) >= 11 is 0. The van der Waals surface area contributed by atoms with E-state index in [0.29, 0.717) is 5.70 Å². The van der Waals surface area contributed by atoms with Crippen molar-refractivity contribution < 1.29 is 4.39 Å². The summed E-state index contributed by atoms with van der Waals surface area (Å²) in [5, 5.41) is 17.8. The van der Waals surface area contributed by atoms with Gasteiger partial charge >= 0.3 is 0 Å². The monoisotopic (exact) mass is 310 g/mol. The average Bonchev–Trinajstić information content (AvgIpc) is 2.78. The second-order valence-corrected chi connectivity index (χ2v) is 5.49. The molecule has 0 saturated heterocycles. The molecule has 1 aromatic heterocycles. The predicted octanol–water partition coefficient (Wildman–Crippen LogP) is 4.52. The number of aryl methyl sites for hydroxylation is 2. The Balaban J connectivity index is 2.39. The van der Waals surface area contributed by atoms with Crippen LogP contribution in [0.1, 0.15) is 19.5 Å². The van der Waals surface area contributed by atoms with E-state index in [9.17, 15) is 9.65 Å². The number of hydrogen-bond acceptors (Lipinski definition) is 3. The molecule has 0 unspecified atom stereocenters. The van der Waals surface area contributed by atoms with Crippen LogP contribution < -0.4 is 5.32 Å². The molecule has 1 aromatic carbocycles. The van der Waals surface area contributed by atoms with Crippen molar-refractivity contribution in [2.45, 2.75) is 20.8 Å². The minimum absolute atomic E-state index is 0.230. The highest BCUT2D eigenvalue weighted by Crippen LogP contribution is 2.23. The summed E-state index contributed by atoms with van der Waals surface area (Å²) < 4.78 is 15.5. The Hall–Kier alpha value is -2.87. The van der Waals surface area contributed by atoms with Crippen molar-refractivity contribution in [3.05, 3.63) is 59.2 Å². The maximum atomic E-state index is 13.7. The molecule has 0 radical (unpaired) electrons. The lowest BCUT2D eigenvalue weighted by Gasteiger charge is -2.08. The Bertz CT molecular complexity index is 878. The van der Waals surface area contributed by atoms with Gasteiger partial charge in [-0.25, -0.2) is 4.39 Å². The Morgan fingerprint density at radius 2 is 2.13 bits per heavy atom. The first-order valence-corrected chi connectivity index (χ1v) is 7.18. The third-order valence-electron chi connectivity index (χ3n) is 3.57. The largest absolute Gasteiger partial charge is 0.358 e. The molecule has 1 heterocycles. The van der Waals surface area contributed by atoms with Crippen molar-refractivity contribution in [3.8, 4) is 6.07 Å². The Morgan fingerprint density at radius 1 is 1.43 bits per heavy atom. The number of benzene rings is 1. The van der Waals surface area contributed by atoms with Crippen LogP contribution in [0.25, 0.3) is 10.9 Å². The minimum atomic E-state index is -0.499. The molecule has 0 aliphatic carbocycles. The maximum Gasteiger partial charge on any atom is 0.126 e. The van der Waals surface area contributed by atoms with Gasteiger partial charge in [0.2, 0.25) is 0 Å². The zero-order chi connectivity index (χ0) is 17.1. The fourth-order valence-corrected chi connectivity index (χ4v) is 2.28. The van der Waals surface area contributed by atoms with E-state index in [0.717, 1.165) is 22.3 Å². The fourth-order valence-electron chi connectivity index (χ4n) is 2.28. The summed E-state index contributed by atoms with van der Waals surface area (Å²) in [4.78, 5) is 0. The minimum Gasteiger partial charge on any atom is -0.358 e. The normalized spacial score (nSPS) is 12.8.